The lowest BCUT2D eigenvalue weighted by Crippen LogP contribution is -2.42. The average molecular weight is 293 g/mol. The molecule has 0 saturated carbocycles. The molecule has 2 fully saturated rings. The Morgan fingerprint density at radius 2 is 1.90 bits per heavy atom. The molecule has 20 heavy (non-hydrogen) atoms. The summed E-state index contributed by atoms with van der Waals surface area (Å²) in [5, 5.41) is 0.856. The zero-order valence-electron chi connectivity index (χ0n) is 12.2. The minimum absolute atomic E-state index is 0.743. The van der Waals surface area contributed by atoms with E-state index < -0.39 is 0 Å². The van der Waals surface area contributed by atoms with Gasteiger partial charge >= 0.3 is 0 Å². The zero-order chi connectivity index (χ0) is 13.8. The second-order valence-electron chi connectivity index (χ2n) is 6.26. The summed E-state index contributed by atoms with van der Waals surface area (Å²) in [5.41, 5.74) is 1.35. The van der Waals surface area contributed by atoms with Crippen molar-refractivity contribution in [2.24, 2.45) is 0 Å². The van der Waals surface area contributed by atoms with Gasteiger partial charge in [-0.3, -0.25) is 4.90 Å². The quantitative estimate of drug-likeness (QED) is 0.833. The molecule has 0 amide bonds. The number of likely N-dealkylation sites (tertiary alicyclic amines) is 2. The topological polar surface area (TPSA) is 6.48 Å². The summed E-state index contributed by atoms with van der Waals surface area (Å²) in [6, 6.07) is 9.07. The first-order valence-electron chi connectivity index (χ1n) is 8.02. The molecule has 2 heterocycles. The Balaban J connectivity index is 1.57. The van der Waals surface area contributed by atoms with Gasteiger partial charge in [0.25, 0.3) is 0 Å². The summed E-state index contributed by atoms with van der Waals surface area (Å²) in [6.07, 6.45) is 6.91. The minimum Gasteiger partial charge on any atom is -0.302 e. The Kier molecular flexibility index (Phi) is 4.98. The molecule has 0 spiro atoms. The van der Waals surface area contributed by atoms with Crippen LogP contribution in [0, 0.1) is 0 Å². The number of piperidine rings is 1. The molecule has 0 radical (unpaired) electrons. The van der Waals surface area contributed by atoms with E-state index in [4.69, 9.17) is 11.6 Å². The third-order valence-electron chi connectivity index (χ3n) is 4.69. The van der Waals surface area contributed by atoms with E-state index in [0.29, 0.717) is 0 Å². The van der Waals surface area contributed by atoms with E-state index in [9.17, 15) is 0 Å². The van der Waals surface area contributed by atoms with Gasteiger partial charge in [0.15, 0.2) is 0 Å². The van der Waals surface area contributed by atoms with Crippen LogP contribution in [0.25, 0.3) is 0 Å². The van der Waals surface area contributed by atoms with Crippen LogP contribution in [0.2, 0.25) is 5.02 Å². The monoisotopic (exact) mass is 292 g/mol. The van der Waals surface area contributed by atoms with E-state index in [1.54, 1.807) is 0 Å². The van der Waals surface area contributed by atoms with Gasteiger partial charge < -0.3 is 4.90 Å². The lowest BCUT2D eigenvalue weighted by molar-refractivity contribution is 0.149. The second-order valence-corrected chi connectivity index (χ2v) is 6.69. The minimum atomic E-state index is 0.743. The summed E-state index contributed by atoms with van der Waals surface area (Å²) in [7, 11) is 0. The molecule has 0 aliphatic carbocycles. The summed E-state index contributed by atoms with van der Waals surface area (Å²) in [4.78, 5) is 5.32. The van der Waals surface area contributed by atoms with Crippen molar-refractivity contribution >= 4 is 11.6 Å². The van der Waals surface area contributed by atoms with Crippen molar-refractivity contribution in [3.8, 4) is 0 Å². The molecule has 1 aromatic rings. The molecule has 0 N–H and O–H groups in total. The summed E-state index contributed by atoms with van der Waals surface area (Å²) >= 11 is 6.10. The highest BCUT2D eigenvalue weighted by atomic mass is 35.5. The van der Waals surface area contributed by atoms with E-state index in [0.717, 1.165) is 17.6 Å². The predicted molar refractivity (Wildman–Crippen MR) is 85.2 cm³/mol. The lowest BCUT2D eigenvalue weighted by Gasteiger charge is -2.33. The Morgan fingerprint density at radius 3 is 2.70 bits per heavy atom. The molecule has 2 saturated heterocycles. The van der Waals surface area contributed by atoms with E-state index in [1.807, 2.05) is 6.07 Å². The highest BCUT2D eigenvalue weighted by Gasteiger charge is 2.26. The third-order valence-corrected chi connectivity index (χ3v) is 4.93. The number of nitrogens with zero attached hydrogens (tertiary/aromatic N) is 2. The van der Waals surface area contributed by atoms with Crippen LogP contribution in [-0.2, 0) is 6.54 Å². The van der Waals surface area contributed by atoms with Crippen molar-refractivity contribution in [1.82, 2.24) is 9.80 Å². The van der Waals surface area contributed by atoms with Gasteiger partial charge in [0.05, 0.1) is 0 Å². The number of rotatable bonds is 4. The fourth-order valence-electron chi connectivity index (χ4n) is 3.62. The van der Waals surface area contributed by atoms with Crippen molar-refractivity contribution in [1.29, 1.82) is 0 Å². The van der Waals surface area contributed by atoms with Gasteiger partial charge in [-0.25, -0.2) is 0 Å². The molecule has 110 valence electrons. The van der Waals surface area contributed by atoms with Gasteiger partial charge in [0, 0.05) is 24.2 Å². The summed E-state index contributed by atoms with van der Waals surface area (Å²) in [6.45, 7) is 6.17. The molecule has 1 unspecified atom stereocenters. The van der Waals surface area contributed by atoms with Crippen LogP contribution < -0.4 is 0 Å². The number of hydrogen-bond acceptors (Lipinski definition) is 2. The predicted octanol–water partition coefficient (Wildman–Crippen LogP) is 3.79. The van der Waals surface area contributed by atoms with Gasteiger partial charge in [0.1, 0.15) is 0 Å². The van der Waals surface area contributed by atoms with Crippen LogP contribution >= 0.6 is 11.6 Å². The maximum absolute atomic E-state index is 6.10. The Bertz CT molecular complexity index is 429. The molecular weight excluding hydrogens is 268 g/mol. The molecule has 2 aliphatic heterocycles. The highest BCUT2D eigenvalue weighted by Crippen LogP contribution is 2.23. The summed E-state index contributed by atoms with van der Waals surface area (Å²) in [5.74, 6) is 0. The van der Waals surface area contributed by atoms with E-state index in [2.05, 4.69) is 28.0 Å². The highest BCUT2D eigenvalue weighted by molar-refractivity contribution is 6.30. The fourth-order valence-corrected chi connectivity index (χ4v) is 3.83. The molecule has 1 aromatic carbocycles. The van der Waals surface area contributed by atoms with Crippen molar-refractivity contribution in [3.63, 3.8) is 0 Å². The van der Waals surface area contributed by atoms with E-state index >= 15 is 0 Å². The van der Waals surface area contributed by atoms with Crippen LogP contribution in [0.1, 0.15) is 37.7 Å². The van der Waals surface area contributed by atoms with Crippen molar-refractivity contribution in [2.45, 2.75) is 44.7 Å². The summed E-state index contributed by atoms with van der Waals surface area (Å²) < 4.78 is 0. The van der Waals surface area contributed by atoms with Crippen molar-refractivity contribution in [3.05, 3.63) is 34.9 Å². The normalized spacial score (nSPS) is 25.1. The number of hydrogen-bond donors (Lipinski definition) is 0. The molecular formula is C17H25ClN2. The van der Waals surface area contributed by atoms with E-state index in [-0.39, 0.29) is 0 Å². The third kappa shape index (κ3) is 3.75. The number of benzene rings is 1. The molecule has 3 heteroatoms. The first-order chi connectivity index (χ1) is 9.81. The van der Waals surface area contributed by atoms with E-state index in [1.165, 1.54) is 63.8 Å². The van der Waals surface area contributed by atoms with Gasteiger partial charge in [-0.15, -0.1) is 0 Å². The van der Waals surface area contributed by atoms with Crippen molar-refractivity contribution in [2.75, 3.05) is 26.2 Å². The zero-order valence-corrected chi connectivity index (χ0v) is 13.0. The smallest absolute Gasteiger partial charge is 0.0409 e. The van der Waals surface area contributed by atoms with Crippen LogP contribution in [0.3, 0.4) is 0 Å². The SMILES string of the molecule is Clc1cccc(CN2CCCC2CN2CCCCC2)c1. The maximum Gasteiger partial charge on any atom is 0.0409 e. The van der Waals surface area contributed by atoms with Gasteiger partial charge in [-0.2, -0.15) is 0 Å². The maximum atomic E-state index is 6.10. The molecule has 1 atom stereocenters. The first-order valence-corrected chi connectivity index (χ1v) is 8.40. The Morgan fingerprint density at radius 1 is 1.05 bits per heavy atom. The fraction of sp³-hybridized carbons (Fsp3) is 0.647. The molecule has 0 aromatic heterocycles. The Hall–Kier alpha value is -0.570. The number of halogens is 1. The lowest BCUT2D eigenvalue weighted by atomic mass is 10.1. The van der Waals surface area contributed by atoms with Crippen LogP contribution in [0.4, 0.5) is 0 Å². The largest absolute Gasteiger partial charge is 0.302 e. The molecule has 3 rings (SSSR count). The van der Waals surface area contributed by atoms with Gasteiger partial charge in [0.2, 0.25) is 0 Å². The average Bonchev–Trinajstić information content (AvgIpc) is 2.87. The van der Waals surface area contributed by atoms with Crippen LogP contribution in [0.5, 0.6) is 0 Å². The van der Waals surface area contributed by atoms with Crippen LogP contribution in [0.15, 0.2) is 24.3 Å². The van der Waals surface area contributed by atoms with Gasteiger partial charge in [-0.1, -0.05) is 30.2 Å². The molecule has 2 aliphatic rings. The molecule has 2 nitrogen and oxygen atoms in total. The van der Waals surface area contributed by atoms with Crippen molar-refractivity contribution < 1.29 is 0 Å². The second kappa shape index (κ2) is 6.93. The van der Waals surface area contributed by atoms with Crippen LogP contribution in [-0.4, -0.2) is 42.0 Å². The standard InChI is InChI=1S/C17H25ClN2/c18-16-7-4-6-15(12-16)13-20-11-5-8-17(20)14-19-9-2-1-3-10-19/h4,6-7,12,17H,1-3,5,8-11,13-14H2. The first kappa shape index (κ1) is 14.4. The molecule has 0 bridgehead atoms. The Labute approximate surface area is 127 Å². The van der Waals surface area contributed by atoms with Gasteiger partial charge in [-0.05, 0) is 63.0 Å².